The second-order valence-corrected chi connectivity index (χ2v) is 6.89. The van der Waals surface area contributed by atoms with E-state index in [-0.39, 0.29) is 22.1 Å². The molecule has 3 aromatic rings. The summed E-state index contributed by atoms with van der Waals surface area (Å²) >= 11 is 6.14. The van der Waals surface area contributed by atoms with Gasteiger partial charge in [0.15, 0.2) is 0 Å². The van der Waals surface area contributed by atoms with Crippen LogP contribution < -0.4 is 10.6 Å². The summed E-state index contributed by atoms with van der Waals surface area (Å²) in [7, 11) is 0. The van der Waals surface area contributed by atoms with Gasteiger partial charge in [0.05, 0.1) is 10.7 Å². The normalized spacial score (nSPS) is 10.5. The van der Waals surface area contributed by atoms with E-state index in [1.54, 1.807) is 13.0 Å². The summed E-state index contributed by atoms with van der Waals surface area (Å²) in [6.07, 6.45) is 0. The molecule has 0 radical (unpaired) electrons. The van der Waals surface area contributed by atoms with Crippen LogP contribution >= 0.6 is 11.6 Å². The first-order chi connectivity index (χ1) is 13.7. The van der Waals surface area contributed by atoms with Crippen molar-refractivity contribution in [3.05, 3.63) is 82.4 Å². The van der Waals surface area contributed by atoms with E-state index in [2.05, 4.69) is 10.6 Å². The number of carbonyl (C=O) groups is 2. The number of rotatable bonds is 4. The van der Waals surface area contributed by atoms with E-state index in [1.165, 1.54) is 49.4 Å². The highest BCUT2D eigenvalue weighted by Crippen LogP contribution is 2.29. The number of carbonyl (C=O) groups excluding carboxylic acids is 2. The van der Waals surface area contributed by atoms with Crippen molar-refractivity contribution in [2.24, 2.45) is 0 Å². The third-order valence-electron chi connectivity index (χ3n) is 4.25. The van der Waals surface area contributed by atoms with Crippen molar-refractivity contribution >= 4 is 34.8 Å². The topological polar surface area (TPSA) is 58.2 Å². The van der Waals surface area contributed by atoms with Crippen LogP contribution in [-0.4, -0.2) is 11.8 Å². The quantitative estimate of drug-likeness (QED) is 0.566. The summed E-state index contributed by atoms with van der Waals surface area (Å²) in [6.45, 7) is 3.06. The number of nitrogens with one attached hydrogen (secondary N) is 2. The maximum absolute atomic E-state index is 14.6. The summed E-state index contributed by atoms with van der Waals surface area (Å²) in [6, 6.07) is 12.8. The number of hydrogen-bond donors (Lipinski definition) is 2. The predicted octanol–water partition coefficient (Wildman–Crippen LogP) is 5.80. The Morgan fingerprint density at radius 3 is 2.24 bits per heavy atom. The second-order valence-electron chi connectivity index (χ2n) is 6.48. The highest BCUT2D eigenvalue weighted by Gasteiger charge is 2.14. The van der Waals surface area contributed by atoms with Crippen molar-refractivity contribution in [2.45, 2.75) is 13.8 Å². The lowest BCUT2D eigenvalue weighted by molar-refractivity contribution is -0.114. The lowest BCUT2D eigenvalue weighted by Crippen LogP contribution is -2.13. The number of anilines is 2. The molecule has 0 saturated heterocycles. The molecule has 0 bridgehead atoms. The second kappa shape index (κ2) is 8.41. The van der Waals surface area contributed by atoms with Gasteiger partial charge < -0.3 is 10.6 Å². The zero-order valence-electron chi connectivity index (χ0n) is 15.6. The fourth-order valence-electron chi connectivity index (χ4n) is 2.90. The number of halogens is 3. The minimum absolute atomic E-state index is 0.105. The summed E-state index contributed by atoms with van der Waals surface area (Å²) < 4.78 is 27.9. The zero-order valence-corrected chi connectivity index (χ0v) is 16.4. The van der Waals surface area contributed by atoms with Gasteiger partial charge in [-0.15, -0.1) is 0 Å². The Morgan fingerprint density at radius 2 is 1.62 bits per heavy atom. The Bertz CT molecular complexity index is 1120. The number of benzene rings is 3. The Hall–Kier alpha value is -3.25. The molecule has 0 spiro atoms. The number of amides is 2. The third-order valence-corrected chi connectivity index (χ3v) is 4.56. The van der Waals surface area contributed by atoms with E-state index in [4.69, 9.17) is 11.6 Å². The zero-order chi connectivity index (χ0) is 21.1. The maximum Gasteiger partial charge on any atom is 0.255 e. The smallest absolute Gasteiger partial charge is 0.255 e. The van der Waals surface area contributed by atoms with E-state index < -0.39 is 17.5 Å². The van der Waals surface area contributed by atoms with Crippen molar-refractivity contribution in [1.29, 1.82) is 0 Å². The third kappa shape index (κ3) is 4.78. The van der Waals surface area contributed by atoms with Crippen LogP contribution in [0.3, 0.4) is 0 Å². The molecule has 0 fully saturated rings. The van der Waals surface area contributed by atoms with Gasteiger partial charge in [-0.2, -0.15) is 0 Å². The van der Waals surface area contributed by atoms with E-state index in [1.807, 2.05) is 0 Å². The van der Waals surface area contributed by atoms with Gasteiger partial charge in [0.25, 0.3) is 5.91 Å². The van der Waals surface area contributed by atoms with Gasteiger partial charge in [0, 0.05) is 23.7 Å². The van der Waals surface area contributed by atoms with Crippen molar-refractivity contribution in [3.8, 4) is 11.1 Å². The number of aryl methyl sites for hydroxylation is 1. The molecule has 29 heavy (non-hydrogen) atoms. The van der Waals surface area contributed by atoms with Crippen molar-refractivity contribution in [2.75, 3.05) is 10.6 Å². The predicted molar refractivity (Wildman–Crippen MR) is 110 cm³/mol. The Labute approximate surface area is 171 Å². The largest absolute Gasteiger partial charge is 0.326 e. The van der Waals surface area contributed by atoms with Crippen LogP contribution in [0.25, 0.3) is 11.1 Å². The van der Waals surface area contributed by atoms with Crippen LogP contribution in [0.15, 0.2) is 54.6 Å². The molecule has 0 saturated carbocycles. The van der Waals surface area contributed by atoms with E-state index in [9.17, 15) is 18.4 Å². The van der Waals surface area contributed by atoms with E-state index in [0.29, 0.717) is 22.5 Å². The van der Waals surface area contributed by atoms with Crippen molar-refractivity contribution in [1.82, 2.24) is 0 Å². The fourth-order valence-corrected chi connectivity index (χ4v) is 3.12. The van der Waals surface area contributed by atoms with Crippen LogP contribution in [0, 0.1) is 18.6 Å². The molecule has 0 aliphatic heterocycles. The van der Waals surface area contributed by atoms with Crippen LogP contribution in [0.5, 0.6) is 0 Å². The highest BCUT2D eigenvalue weighted by molar-refractivity contribution is 6.34. The average molecular weight is 415 g/mol. The summed E-state index contributed by atoms with van der Waals surface area (Å²) in [5.74, 6) is -1.78. The van der Waals surface area contributed by atoms with Gasteiger partial charge in [0.1, 0.15) is 11.6 Å². The van der Waals surface area contributed by atoms with Gasteiger partial charge in [-0.3, -0.25) is 9.59 Å². The van der Waals surface area contributed by atoms with E-state index >= 15 is 0 Å². The van der Waals surface area contributed by atoms with Crippen molar-refractivity contribution in [3.63, 3.8) is 0 Å². The molecular formula is C22H17ClF2N2O2. The lowest BCUT2D eigenvalue weighted by Gasteiger charge is -2.11. The Morgan fingerprint density at radius 1 is 0.897 bits per heavy atom. The molecule has 3 rings (SSSR count). The first-order valence-corrected chi connectivity index (χ1v) is 9.07. The molecule has 3 aromatic carbocycles. The molecule has 0 aromatic heterocycles. The summed E-state index contributed by atoms with van der Waals surface area (Å²) in [5, 5.41) is 5.42. The monoisotopic (exact) mass is 414 g/mol. The molecule has 7 heteroatoms. The molecule has 0 heterocycles. The summed E-state index contributed by atoms with van der Waals surface area (Å²) in [4.78, 5) is 23.6. The fraction of sp³-hybridized carbons (Fsp3) is 0.0909. The standard InChI is InChI=1S/C22H17ClF2N2O2/c1-12-9-15(24)4-7-17(12)18-6-3-14(10-20(18)25)22(29)27-21-8-5-16(11-19(21)23)26-13(2)28/h3-11H,1-2H3,(H,26,28)(H,27,29). The molecule has 2 amide bonds. The first kappa shape index (κ1) is 20.5. The average Bonchev–Trinajstić information content (AvgIpc) is 2.64. The summed E-state index contributed by atoms with van der Waals surface area (Å²) in [5.41, 5.74) is 2.33. The van der Waals surface area contributed by atoms with Gasteiger partial charge in [0.2, 0.25) is 5.91 Å². The van der Waals surface area contributed by atoms with Crippen molar-refractivity contribution < 1.29 is 18.4 Å². The van der Waals surface area contributed by atoms with Crippen LogP contribution in [0.1, 0.15) is 22.8 Å². The minimum Gasteiger partial charge on any atom is -0.326 e. The van der Waals surface area contributed by atoms with Crippen LogP contribution in [0.4, 0.5) is 20.2 Å². The molecule has 0 aliphatic carbocycles. The molecule has 0 aliphatic rings. The minimum atomic E-state index is -0.598. The maximum atomic E-state index is 14.6. The first-order valence-electron chi connectivity index (χ1n) is 8.69. The lowest BCUT2D eigenvalue weighted by atomic mass is 9.98. The van der Waals surface area contributed by atoms with Crippen LogP contribution in [0.2, 0.25) is 5.02 Å². The molecular weight excluding hydrogens is 398 g/mol. The molecule has 0 unspecified atom stereocenters. The highest BCUT2D eigenvalue weighted by atomic mass is 35.5. The Kier molecular flexibility index (Phi) is 5.94. The number of hydrogen-bond acceptors (Lipinski definition) is 2. The van der Waals surface area contributed by atoms with Gasteiger partial charge >= 0.3 is 0 Å². The van der Waals surface area contributed by atoms with Gasteiger partial charge in [-0.25, -0.2) is 8.78 Å². The van der Waals surface area contributed by atoms with Crippen LogP contribution in [-0.2, 0) is 4.79 Å². The molecule has 0 atom stereocenters. The SMILES string of the molecule is CC(=O)Nc1ccc(NC(=O)c2ccc(-c3ccc(F)cc3C)c(F)c2)c(Cl)c1. The molecule has 4 nitrogen and oxygen atoms in total. The molecule has 148 valence electrons. The Balaban J connectivity index is 1.82. The molecule has 2 N–H and O–H groups in total. The van der Waals surface area contributed by atoms with Gasteiger partial charge in [-0.1, -0.05) is 23.7 Å². The van der Waals surface area contributed by atoms with E-state index in [0.717, 1.165) is 6.07 Å². The van der Waals surface area contributed by atoms with Gasteiger partial charge in [-0.05, 0) is 60.5 Å².